The van der Waals surface area contributed by atoms with Gasteiger partial charge in [-0.3, -0.25) is 4.79 Å². The van der Waals surface area contributed by atoms with Gasteiger partial charge in [-0.05, 0) is 36.9 Å². The minimum absolute atomic E-state index is 0.0418. The number of benzene rings is 2. The van der Waals surface area contributed by atoms with E-state index in [-0.39, 0.29) is 11.8 Å². The zero-order valence-corrected chi connectivity index (χ0v) is 17.6. The maximum Gasteiger partial charge on any atom is 0.293 e. The molecule has 29 heavy (non-hydrogen) atoms. The molecule has 4 rings (SSSR count). The molecule has 0 saturated heterocycles. The van der Waals surface area contributed by atoms with E-state index in [2.05, 4.69) is 10.1 Å². The van der Waals surface area contributed by atoms with Crippen LogP contribution in [0.2, 0.25) is 5.02 Å². The number of rotatable bonds is 4. The lowest BCUT2D eigenvalue weighted by Crippen LogP contribution is -2.59. The van der Waals surface area contributed by atoms with Gasteiger partial charge in [0.25, 0.3) is 17.0 Å². The lowest BCUT2D eigenvalue weighted by atomic mass is 10.0. The average molecular weight is 427 g/mol. The molecule has 0 fully saturated rings. The molecule has 1 atom stereocenters. The summed E-state index contributed by atoms with van der Waals surface area (Å²) in [6, 6.07) is 14.7. The van der Waals surface area contributed by atoms with E-state index in [9.17, 15) is 9.90 Å². The standard InChI is InChI=1S/C21H19ClN4O2S/c1-3-7-17(27)25-16-11-5-4-10-15(16)18-19(28)23-21(29-2)24-26(18)20(25)13-8-6-9-14(22)12-13/h4-6,8-12,20H,3,7H2,1-2H3. The van der Waals surface area contributed by atoms with Crippen LogP contribution in [0.15, 0.2) is 53.7 Å². The predicted octanol–water partition coefficient (Wildman–Crippen LogP) is 3.57. The number of nitrogens with zero attached hydrogens (tertiary/aromatic N) is 4. The molecular formula is C21H19ClN4O2S. The molecule has 8 heteroatoms. The molecular weight excluding hydrogens is 408 g/mol. The second-order valence-electron chi connectivity index (χ2n) is 6.66. The van der Waals surface area contributed by atoms with Crippen LogP contribution in [-0.4, -0.2) is 22.2 Å². The van der Waals surface area contributed by atoms with Gasteiger partial charge in [-0.1, -0.05) is 59.2 Å². The fourth-order valence-corrected chi connectivity index (χ4v) is 4.13. The summed E-state index contributed by atoms with van der Waals surface area (Å²) in [7, 11) is 0. The van der Waals surface area contributed by atoms with Crippen molar-refractivity contribution in [3.8, 4) is 17.1 Å². The normalized spacial score (nSPS) is 15.0. The molecule has 0 saturated carbocycles. The maximum absolute atomic E-state index is 13.2. The summed E-state index contributed by atoms with van der Waals surface area (Å²) in [5.41, 5.74) is 2.46. The number of aromatic nitrogens is 3. The maximum atomic E-state index is 13.2. The van der Waals surface area contributed by atoms with Gasteiger partial charge in [-0.25, -0.2) is 9.88 Å². The Bertz CT molecular complexity index is 1090. The minimum atomic E-state index is -0.626. The van der Waals surface area contributed by atoms with Crippen molar-refractivity contribution in [2.75, 3.05) is 11.2 Å². The smallest absolute Gasteiger partial charge is 0.293 e. The Balaban J connectivity index is 2.05. The van der Waals surface area contributed by atoms with Crippen molar-refractivity contribution >= 4 is 35.0 Å². The monoisotopic (exact) mass is 426 g/mol. The molecule has 2 heterocycles. The lowest BCUT2D eigenvalue weighted by molar-refractivity contribution is -0.764. The first-order valence-corrected chi connectivity index (χ1v) is 10.9. The Morgan fingerprint density at radius 1 is 1.28 bits per heavy atom. The molecule has 6 nitrogen and oxygen atoms in total. The molecule has 1 unspecified atom stereocenters. The zero-order chi connectivity index (χ0) is 20.5. The fraction of sp³-hybridized carbons (Fsp3) is 0.238. The second kappa shape index (κ2) is 8.00. The summed E-state index contributed by atoms with van der Waals surface area (Å²) in [5.74, 6) is -0.411. The van der Waals surface area contributed by atoms with E-state index in [4.69, 9.17) is 11.6 Å². The predicted molar refractivity (Wildman–Crippen MR) is 111 cm³/mol. The number of fused-ring (bicyclic) bond motifs is 3. The molecule has 1 aliphatic heterocycles. The third-order valence-corrected chi connectivity index (χ3v) is 5.55. The van der Waals surface area contributed by atoms with Gasteiger partial charge in [-0.2, -0.15) is 0 Å². The number of para-hydroxylation sites is 1. The number of amides is 1. The summed E-state index contributed by atoms with van der Waals surface area (Å²) < 4.78 is 1.61. The summed E-state index contributed by atoms with van der Waals surface area (Å²) in [6.07, 6.45) is 2.28. The van der Waals surface area contributed by atoms with Crippen LogP contribution in [0.5, 0.6) is 5.88 Å². The Kier molecular flexibility index (Phi) is 5.43. The van der Waals surface area contributed by atoms with Gasteiger partial charge in [-0.15, -0.1) is 0 Å². The number of carbonyl (C=O) groups excluding carboxylic acids is 1. The van der Waals surface area contributed by atoms with E-state index in [1.54, 1.807) is 21.7 Å². The van der Waals surface area contributed by atoms with Crippen LogP contribution in [0.25, 0.3) is 11.3 Å². The van der Waals surface area contributed by atoms with Crippen molar-refractivity contribution < 1.29 is 14.6 Å². The molecule has 1 aromatic heterocycles. The van der Waals surface area contributed by atoms with Crippen LogP contribution in [0, 0.1) is 0 Å². The van der Waals surface area contributed by atoms with Gasteiger partial charge in [0.1, 0.15) is 0 Å². The number of carbonyl (C=O) groups is 1. The number of halogens is 1. The minimum Gasteiger partial charge on any atom is -0.854 e. The van der Waals surface area contributed by atoms with Crippen LogP contribution in [0.3, 0.4) is 0 Å². The average Bonchev–Trinajstić information content (AvgIpc) is 2.72. The highest BCUT2D eigenvalue weighted by atomic mass is 35.5. The van der Waals surface area contributed by atoms with Crippen molar-refractivity contribution in [2.45, 2.75) is 31.1 Å². The van der Waals surface area contributed by atoms with Gasteiger partial charge in [0.2, 0.25) is 5.91 Å². The highest BCUT2D eigenvalue weighted by molar-refractivity contribution is 7.98. The highest BCUT2D eigenvalue weighted by Gasteiger charge is 2.44. The van der Waals surface area contributed by atoms with Crippen molar-refractivity contribution in [3.63, 3.8) is 0 Å². The van der Waals surface area contributed by atoms with Gasteiger partial charge in [0.15, 0.2) is 0 Å². The number of anilines is 1. The van der Waals surface area contributed by atoms with Crippen LogP contribution >= 0.6 is 23.4 Å². The Labute approximate surface area is 178 Å². The van der Waals surface area contributed by atoms with E-state index in [0.717, 1.165) is 5.56 Å². The second-order valence-corrected chi connectivity index (χ2v) is 7.87. The third kappa shape index (κ3) is 3.45. The summed E-state index contributed by atoms with van der Waals surface area (Å²) in [5, 5.41) is 18.4. The summed E-state index contributed by atoms with van der Waals surface area (Å²) >= 11 is 7.54. The number of hydrogen-bond acceptors (Lipinski definition) is 5. The van der Waals surface area contributed by atoms with Gasteiger partial charge < -0.3 is 5.11 Å². The first-order valence-electron chi connectivity index (χ1n) is 9.27. The summed E-state index contributed by atoms with van der Waals surface area (Å²) in [4.78, 5) is 19.0. The lowest BCUT2D eigenvalue weighted by Gasteiger charge is -2.33. The summed E-state index contributed by atoms with van der Waals surface area (Å²) in [6.45, 7) is 1.97. The molecule has 2 aromatic carbocycles. The molecule has 148 valence electrons. The quantitative estimate of drug-likeness (QED) is 0.471. The van der Waals surface area contributed by atoms with E-state index in [1.165, 1.54) is 11.8 Å². The molecule has 1 aliphatic rings. The highest BCUT2D eigenvalue weighted by Crippen LogP contribution is 2.41. The first-order chi connectivity index (χ1) is 14.0. The van der Waals surface area contributed by atoms with Crippen LogP contribution in [0.1, 0.15) is 31.5 Å². The molecule has 0 N–H and O–H groups in total. The van der Waals surface area contributed by atoms with Crippen molar-refractivity contribution in [1.82, 2.24) is 10.1 Å². The van der Waals surface area contributed by atoms with Gasteiger partial charge in [0, 0.05) is 22.1 Å². The Hall–Kier alpha value is -2.64. The van der Waals surface area contributed by atoms with E-state index >= 15 is 0 Å². The molecule has 1 amide bonds. The molecule has 0 radical (unpaired) electrons. The topological polar surface area (TPSA) is 73.0 Å². The molecule has 3 aromatic rings. The van der Waals surface area contributed by atoms with Crippen LogP contribution in [-0.2, 0) is 4.79 Å². The van der Waals surface area contributed by atoms with Crippen LogP contribution < -0.4 is 14.7 Å². The number of thioether (sulfide) groups is 1. The van der Waals surface area contributed by atoms with E-state index < -0.39 is 6.17 Å². The van der Waals surface area contributed by atoms with E-state index in [0.29, 0.717) is 40.0 Å². The zero-order valence-electron chi connectivity index (χ0n) is 16.0. The number of hydrogen-bond donors (Lipinski definition) is 0. The van der Waals surface area contributed by atoms with Crippen LogP contribution in [0.4, 0.5) is 5.69 Å². The van der Waals surface area contributed by atoms with Crippen molar-refractivity contribution in [2.24, 2.45) is 0 Å². The van der Waals surface area contributed by atoms with E-state index in [1.807, 2.05) is 49.6 Å². The van der Waals surface area contributed by atoms with Crippen molar-refractivity contribution in [1.29, 1.82) is 0 Å². The van der Waals surface area contributed by atoms with Gasteiger partial charge in [0.05, 0.1) is 17.1 Å². The molecule has 0 bridgehead atoms. The fourth-order valence-electron chi connectivity index (χ4n) is 3.59. The largest absolute Gasteiger partial charge is 0.854 e. The van der Waals surface area contributed by atoms with Gasteiger partial charge >= 0.3 is 0 Å². The Morgan fingerprint density at radius 2 is 2.07 bits per heavy atom. The third-order valence-electron chi connectivity index (χ3n) is 4.78. The Morgan fingerprint density at radius 3 is 2.79 bits per heavy atom. The first kappa shape index (κ1) is 19.7. The van der Waals surface area contributed by atoms with Crippen molar-refractivity contribution in [3.05, 3.63) is 59.1 Å². The SMILES string of the molecule is CCCC(=O)N1c2ccccc2-c2c([O-])nc(SC)n[n+]2C1c1cccc(Cl)c1. The molecule has 0 spiro atoms. The molecule has 0 aliphatic carbocycles.